The summed E-state index contributed by atoms with van der Waals surface area (Å²) in [5.41, 5.74) is 3.56. The molecule has 2 aliphatic heterocycles. The second-order valence-corrected chi connectivity index (χ2v) is 7.78. The molecule has 5 rings (SSSR count). The largest absolute Gasteiger partial charge is 0.348 e. The van der Waals surface area contributed by atoms with Gasteiger partial charge in [-0.3, -0.25) is 9.59 Å². The molecule has 140 valence electrons. The van der Waals surface area contributed by atoms with E-state index in [0.717, 1.165) is 62.9 Å². The van der Waals surface area contributed by atoms with Crippen LogP contribution in [0, 0.1) is 0 Å². The molecule has 0 unspecified atom stereocenters. The molecule has 0 spiro atoms. The summed E-state index contributed by atoms with van der Waals surface area (Å²) in [6, 6.07) is 8.37. The van der Waals surface area contributed by atoms with Crippen LogP contribution >= 0.6 is 0 Å². The zero-order valence-electron chi connectivity index (χ0n) is 15.4. The average Bonchev–Trinajstić information content (AvgIpc) is 3.43. The molecule has 0 radical (unpaired) electrons. The van der Waals surface area contributed by atoms with E-state index in [4.69, 9.17) is 0 Å². The lowest BCUT2D eigenvalue weighted by Crippen LogP contribution is -2.37. The summed E-state index contributed by atoms with van der Waals surface area (Å²) >= 11 is 0. The fraction of sp³-hybridized carbons (Fsp3) is 0.476. The van der Waals surface area contributed by atoms with Gasteiger partial charge in [-0.1, -0.05) is 18.2 Å². The van der Waals surface area contributed by atoms with Gasteiger partial charge in [-0.2, -0.15) is 0 Å². The highest BCUT2D eigenvalue weighted by atomic mass is 16.2. The van der Waals surface area contributed by atoms with Crippen molar-refractivity contribution < 1.29 is 9.59 Å². The van der Waals surface area contributed by atoms with Crippen molar-refractivity contribution in [1.29, 1.82) is 0 Å². The van der Waals surface area contributed by atoms with Gasteiger partial charge in [-0.15, -0.1) is 0 Å². The molecule has 1 saturated carbocycles. The van der Waals surface area contributed by atoms with Crippen molar-refractivity contribution in [3.63, 3.8) is 0 Å². The van der Waals surface area contributed by atoms with Crippen LogP contribution in [-0.2, 0) is 19.4 Å². The number of aryl methyl sites for hydroxylation is 1. The minimum atomic E-state index is -0.124. The lowest BCUT2D eigenvalue weighted by Gasteiger charge is -2.29. The lowest BCUT2D eigenvalue weighted by molar-refractivity contribution is 0.0945. The molecule has 1 N–H and O–H groups in total. The smallest absolute Gasteiger partial charge is 0.294 e. The van der Waals surface area contributed by atoms with E-state index in [2.05, 4.69) is 16.4 Å². The minimum absolute atomic E-state index is 0.0872. The van der Waals surface area contributed by atoms with E-state index < -0.39 is 0 Å². The predicted octanol–water partition coefficient (Wildman–Crippen LogP) is 2.70. The Bertz CT molecular complexity index is 913. The van der Waals surface area contributed by atoms with E-state index >= 15 is 0 Å². The zero-order valence-corrected chi connectivity index (χ0v) is 15.4. The van der Waals surface area contributed by atoms with Crippen molar-refractivity contribution in [2.24, 2.45) is 0 Å². The van der Waals surface area contributed by atoms with E-state index in [-0.39, 0.29) is 17.9 Å². The Hall–Kier alpha value is -2.63. The summed E-state index contributed by atoms with van der Waals surface area (Å²) < 4.78 is 1.99. The number of benzene rings is 1. The van der Waals surface area contributed by atoms with Crippen LogP contribution in [0.1, 0.15) is 64.5 Å². The number of hydrogen-bond donors (Lipinski definition) is 1. The molecule has 6 heteroatoms. The quantitative estimate of drug-likeness (QED) is 0.911. The topological polar surface area (TPSA) is 67.2 Å². The normalized spacial score (nSPS) is 18.6. The number of hydrogen-bond acceptors (Lipinski definition) is 3. The summed E-state index contributed by atoms with van der Waals surface area (Å²) in [5, 5.41) is 3.03. The summed E-state index contributed by atoms with van der Waals surface area (Å²) in [7, 11) is 0. The summed E-state index contributed by atoms with van der Waals surface area (Å²) in [4.78, 5) is 32.5. The van der Waals surface area contributed by atoms with Crippen LogP contribution in [0.15, 0.2) is 24.3 Å². The first kappa shape index (κ1) is 16.5. The number of fused-ring (bicyclic) bond motifs is 2. The van der Waals surface area contributed by atoms with E-state index in [0.29, 0.717) is 18.1 Å². The molecule has 1 aliphatic carbocycles. The average molecular weight is 364 g/mol. The molecule has 0 bridgehead atoms. The van der Waals surface area contributed by atoms with Crippen molar-refractivity contribution in [3.05, 3.63) is 47.0 Å². The first-order valence-corrected chi connectivity index (χ1v) is 10.0. The zero-order chi connectivity index (χ0) is 18.4. The van der Waals surface area contributed by atoms with Gasteiger partial charge in [0.1, 0.15) is 5.69 Å². The third-order valence-corrected chi connectivity index (χ3v) is 5.79. The van der Waals surface area contributed by atoms with Crippen LogP contribution in [0.4, 0.5) is 5.69 Å². The number of nitrogens with zero attached hydrogens (tertiary/aromatic N) is 3. The van der Waals surface area contributed by atoms with Gasteiger partial charge in [-0.25, -0.2) is 4.98 Å². The second-order valence-electron chi connectivity index (χ2n) is 7.78. The Kier molecular flexibility index (Phi) is 3.99. The van der Waals surface area contributed by atoms with Crippen LogP contribution in [0.5, 0.6) is 0 Å². The number of amides is 2. The van der Waals surface area contributed by atoms with Crippen molar-refractivity contribution in [2.75, 3.05) is 11.4 Å². The predicted molar refractivity (Wildman–Crippen MR) is 102 cm³/mol. The van der Waals surface area contributed by atoms with Gasteiger partial charge in [0.15, 0.2) is 0 Å². The van der Waals surface area contributed by atoms with Crippen LogP contribution in [0.3, 0.4) is 0 Å². The highest BCUT2D eigenvalue weighted by Crippen LogP contribution is 2.30. The maximum Gasteiger partial charge on any atom is 0.294 e. The van der Waals surface area contributed by atoms with Crippen molar-refractivity contribution in [1.82, 2.24) is 14.9 Å². The van der Waals surface area contributed by atoms with E-state index in [1.54, 1.807) is 0 Å². The van der Waals surface area contributed by atoms with Crippen molar-refractivity contribution >= 4 is 17.5 Å². The first-order valence-electron chi connectivity index (χ1n) is 10.0. The molecule has 2 aromatic rings. The molecule has 27 heavy (non-hydrogen) atoms. The molecule has 3 aliphatic rings. The summed E-state index contributed by atoms with van der Waals surface area (Å²) in [6.45, 7) is 1.46. The number of imidazole rings is 1. The Morgan fingerprint density at radius 3 is 2.74 bits per heavy atom. The molecular weight excluding hydrogens is 340 g/mol. The van der Waals surface area contributed by atoms with Crippen molar-refractivity contribution in [3.8, 4) is 0 Å². The molecular formula is C21H24N4O2. The third kappa shape index (κ3) is 2.93. The number of anilines is 1. The number of nitrogens with one attached hydrogen (secondary N) is 1. The van der Waals surface area contributed by atoms with Crippen LogP contribution in [0.2, 0.25) is 0 Å². The Labute approximate surface area is 158 Å². The fourth-order valence-electron chi connectivity index (χ4n) is 4.23. The highest BCUT2D eigenvalue weighted by Gasteiger charge is 2.33. The maximum atomic E-state index is 13.4. The van der Waals surface area contributed by atoms with Gasteiger partial charge in [0.25, 0.3) is 11.8 Å². The molecule has 1 aromatic carbocycles. The molecule has 2 amide bonds. The number of carbonyl (C=O) groups is 2. The maximum absolute atomic E-state index is 13.4. The Morgan fingerprint density at radius 1 is 1.04 bits per heavy atom. The SMILES string of the molecule is O=C(NC1CC1)c1nc(C(=O)N2CCCc3ccccc32)n2c1CCCC2. The fourth-order valence-corrected chi connectivity index (χ4v) is 4.23. The standard InChI is InChI=1S/C21H24N4O2/c26-20(22-15-10-11-15)18-17-9-3-4-12-24(17)19(23-18)21(27)25-13-5-7-14-6-1-2-8-16(14)25/h1-2,6,8,15H,3-5,7,9-13H2,(H,22,26). The summed E-state index contributed by atoms with van der Waals surface area (Å²) in [5.74, 6) is 0.208. The van der Waals surface area contributed by atoms with Crippen LogP contribution < -0.4 is 10.2 Å². The molecule has 0 saturated heterocycles. The third-order valence-electron chi connectivity index (χ3n) is 5.79. The van der Waals surface area contributed by atoms with E-state index in [1.165, 1.54) is 5.56 Å². The minimum Gasteiger partial charge on any atom is -0.348 e. The number of aromatic nitrogens is 2. The van der Waals surface area contributed by atoms with E-state index in [1.807, 2.05) is 27.7 Å². The molecule has 1 aromatic heterocycles. The van der Waals surface area contributed by atoms with Gasteiger partial charge in [-0.05, 0) is 56.6 Å². The Balaban J connectivity index is 1.52. The molecule has 3 heterocycles. The van der Waals surface area contributed by atoms with Crippen LogP contribution in [-0.4, -0.2) is 34.0 Å². The number of para-hydroxylation sites is 1. The molecule has 1 fully saturated rings. The molecule has 0 atom stereocenters. The van der Waals surface area contributed by atoms with Gasteiger partial charge in [0, 0.05) is 24.8 Å². The lowest BCUT2D eigenvalue weighted by atomic mass is 10.0. The Morgan fingerprint density at radius 2 is 1.89 bits per heavy atom. The van der Waals surface area contributed by atoms with E-state index in [9.17, 15) is 9.59 Å². The number of carbonyl (C=O) groups excluding carboxylic acids is 2. The summed E-state index contributed by atoms with van der Waals surface area (Å²) in [6.07, 6.45) is 6.89. The van der Waals surface area contributed by atoms with Gasteiger partial charge in [0.2, 0.25) is 5.82 Å². The van der Waals surface area contributed by atoms with Gasteiger partial charge in [0.05, 0.1) is 5.69 Å². The van der Waals surface area contributed by atoms with Gasteiger partial charge < -0.3 is 14.8 Å². The molecule has 6 nitrogen and oxygen atoms in total. The van der Waals surface area contributed by atoms with Gasteiger partial charge >= 0.3 is 0 Å². The first-order chi connectivity index (χ1) is 13.2. The highest BCUT2D eigenvalue weighted by molar-refractivity contribution is 6.06. The second kappa shape index (κ2) is 6.51. The van der Waals surface area contributed by atoms with Crippen LogP contribution in [0.25, 0.3) is 0 Å². The number of rotatable bonds is 3. The van der Waals surface area contributed by atoms with Crippen molar-refractivity contribution in [2.45, 2.75) is 57.5 Å². The monoisotopic (exact) mass is 364 g/mol.